The van der Waals surface area contributed by atoms with Crippen LogP contribution in [-0.2, 0) is 11.8 Å². The lowest BCUT2D eigenvalue weighted by Crippen LogP contribution is -2.30. The maximum Gasteiger partial charge on any atom is 0.221 e. The normalized spacial score (nSPS) is 12.4. The largest absolute Gasteiger partial charge is 0.346 e. The number of carbonyl (C=O) groups is 1. The minimum Gasteiger partial charge on any atom is -0.346 e. The number of thioether (sulfide) groups is 1. The van der Waals surface area contributed by atoms with E-state index >= 15 is 0 Å². The van der Waals surface area contributed by atoms with Gasteiger partial charge in [-0.05, 0) is 12.7 Å². The highest BCUT2D eigenvalue weighted by molar-refractivity contribution is 7.98. The summed E-state index contributed by atoms with van der Waals surface area (Å²) in [5.41, 5.74) is 0. The molecule has 1 aromatic heterocycles. The van der Waals surface area contributed by atoms with Crippen molar-refractivity contribution in [3.8, 4) is 0 Å². The van der Waals surface area contributed by atoms with Gasteiger partial charge in [0.2, 0.25) is 5.91 Å². The standard InChI is InChI=1S/C10H18N4OS/c1-4-8(10-11-7-12-14(10)2)13-9(15)5-6-16-3/h7-8H,4-6H2,1-3H3,(H,13,15). The summed E-state index contributed by atoms with van der Waals surface area (Å²) in [7, 11) is 1.83. The molecule has 1 atom stereocenters. The van der Waals surface area contributed by atoms with Gasteiger partial charge in [-0.2, -0.15) is 16.9 Å². The fourth-order valence-corrected chi connectivity index (χ4v) is 1.82. The van der Waals surface area contributed by atoms with E-state index in [1.54, 1.807) is 16.4 Å². The highest BCUT2D eigenvalue weighted by atomic mass is 32.2. The Morgan fingerprint density at radius 3 is 2.94 bits per heavy atom. The Kier molecular flexibility index (Phi) is 5.31. The van der Waals surface area contributed by atoms with Crippen molar-refractivity contribution in [2.75, 3.05) is 12.0 Å². The third-order valence-electron chi connectivity index (χ3n) is 2.33. The van der Waals surface area contributed by atoms with Crippen LogP contribution in [0.2, 0.25) is 0 Å². The SMILES string of the molecule is CCC(NC(=O)CCSC)c1ncnn1C. The molecule has 0 aliphatic carbocycles. The van der Waals surface area contributed by atoms with Gasteiger partial charge in [0, 0.05) is 19.2 Å². The lowest BCUT2D eigenvalue weighted by Gasteiger charge is -2.15. The van der Waals surface area contributed by atoms with Crippen molar-refractivity contribution in [1.82, 2.24) is 20.1 Å². The monoisotopic (exact) mass is 242 g/mol. The molecule has 1 aromatic rings. The van der Waals surface area contributed by atoms with E-state index < -0.39 is 0 Å². The smallest absolute Gasteiger partial charge is 0.221 e. The molecule has 1 amide bonds. The molecule has 16 heavy (non-hydrogen) atoms. The molecule has 0 fully saturated rings. The first-order valence-electron chi connectivity index (χ1n) is 5.31. The number of rotatable bonds is 6. The number of carbonyl (C=O) groups excluding carboxylic acids is 1. The summed E-state index contributed by atoms with van der Waals surface area (Å²) in [6.45, 7) is 2.02. The van der Waals surface area contributed by atoms with Gasteiger partial charge in [0.05, 0.1) is 6.04 Å². The fraction of sp³-hybridized carbons (Fsp3) is 0.700. The van der Waals surface area contributed by atoms with Crippen molar-refractivity contribution in [1.29, 1.82) is 0 Å². The number of amides is 1. The highest BCUT2D eigenvalue weighted by Crippen LogP contribution is 2.12. The van der Waals surface area contributed by atoms with E-state index in [0.717, 1.165) is 18.0 Å². The first kappa shape index (κ1) is 13.0. The molecule has 0 aliphatic heterocycles. The number of hydrogen-bond donors (Lipinski definition) is 1. The Labute approximate surface area is 100 Å². The molecule has 0 aromatic carbocycles. The van der Waals surface area contributed by atoms with E-state index in [4.69, 9.17) is 0 Å². The number of aromatic nitrogens is 3. The first-order valence-corrected chi connectivity index (χ1v) is 6.70. The second kappa shape index (κ2) is 6.52. The topological polar surface area (TPSA) is 59.8 Å². The Morgan fingerprint density at radius 1 is 1.69 bits per heavy atom. The van der Waals surface area contributed by atoms with Gasteiger partial charge in [0.25, 0.3) is 0 Å². The van der Waals surface area contributed by atoms with Crippen LogP contribution in [0.15, 0.2) is 6.33 Å². The predicted octanol–water partition coefficient (Wildman–Crippen LogP) is 1.14. The molecule has 0 saturated heterocycles. The maximum absolute atomic E-state index is 11.6. The predicted molar refractivity (Wildman–Crippen MR) is 65.2 cm³/mol. The van der Waals surface area contributed by atoms with Crippen molar-refractivity contribution in [3.05, 3.63) is 12.2 Å². The fourth-order valence-electron chi connectivity index (χ4n) is 1.43. The lowest BCUT2D eigenvalue weighted by molar-refractivity contribution is -0.121. The van der Waals surface area contributed by atoms with E-state index in [-0.39, 0.29) is 11.9 Å². The van der Waals surface area contributed by atoms with Gasteiger partial charge in [-0.25, -0.2) is 4.98 Å². The minimum atomic E-state index is -0.0399. The Bertz CT molecular complexity index is 339. The minimum absolute atomic E-state index is 0.0399. The van der Waals surface area contributed by atoms with Gasteiger partial charge in [0.15, 0.2) is 0 Å². The zero-order valence-corrected chi connectivity index (χ0v) is 10.8. The van der Waals surface area contributed by atoms with Gasteiger partial charge >= 0.3 is 0 Å². The lowest BCUT2D eigenvalue weighted by atomic mass is 10.2. The molecule has 0 radical (unpaired) electrons. The average Bonchev–Trinajstić information content (AvgIpc) is 2.69. The van der Waals surface area contributed by atoms with Crippen LogP contribution in [0.3, 0.4) is 0 Å². The second-order valence-electron chi connectivity index (χ2n) is 3.51. The third kappa shape index (κ3) is 3.52. The zero-order chi connectivity index (χ0) is 12.0. The summed E-state index contributed by atoms with van der Waals surface area (Å²) < 4.78 is 1.70. The molecule has 0 aliphatic rings. The molecule has 1 N–H and O–H groups in total. The zero-order valence-electron chi connectivity index (χ0n) is 9.93. The van der Waals surface area contributed by atoms with Crippen LogP contribution in [-0.4, -0.2) is 32.7 Å². The van der Waals surface area contributed by atoms with Crippen LogP contribution in [0.5, 0.6) is 0 Å². The molecule has 0 bridgehead atoms. The van der Waals surface area contributed by atoms with Gasteiger partial charge < -0.3 is 5.32 Å². The number of nitrogens with zero attached hydrogens (tertiary/aromatic N) is 3. The van der Waals surface area contributed by atoms with Crippen molar-refractivity contribution in [2.24, 2.45) is 7.05 Å². The van der Waals surface area contributed by atoms with Crippen LogP contribution < -0.4 is 5.32 Å². The van der Waals surface area contributed by atoms with Gasteiger partial charge in [-0.3, -0.25) is 9.48 Å². The number of hydrogen-bond acceptors (Lipinski definition) is 4. The van der Waals surface area contributed by atoms with E-state index in [1.165, 1.54) is 6.33 Å². The molecule has 90 valence electrons. The Balaban J connectivity index is 2.56. The Hall–Kier alpha value is -1.04. The summed E-state index contributed by atoms with van der Waals surface area (Å²) >= 11 is 1.67. The summed E-state index contributed by atoms with van der Waals surface area (Å²) in [6, 6.07) is -0.0399. The molecule has 0 spiro atoms. The molecular formula is C10H18N4OS. The van der Waals surface area contributed by atoms with Crippen LogP contribution in [0.25, 0.3) is 0 Å². The van der Waals surface area contributed by atoms with E-state index in [0.29, 0.717) is 6.42 Å². The number of nitrogens with one attached hydrogen (secondary N) is 1. The van der Waals surface area contributed by atoms with E-state index in [1.807, 2.05) is 20.2 Å². The van der Waals surface area contributed by atoms with Gasteiger partial charge in [-0.15, -0.1) is 0 Å². The van der Waals surface area contributed by atoms with Crippen LogP contribution in [0.4, 0.5) is 0 Å². The van der Waals surface area contributed by atoms with Gasteiger partial charge in [-0.1, -0.05) is 6.92 Å². The van der Waals surface area contributed by atoms with Crippen molar-refractivity contribution in [2.45, 2.75) is 25.8 Å². The molecule has 1 heterocycles. The summed E-state index contributed by atoms with van der Waals surface area (Å²) in [4.78, 5) is 15.7. The summed E-state index contributed by atoms with van der Waals surface area (Å²) in [6.07, 6.45) is 4.87. The quantitative estimate of drug-likeness (QED) is 0.812. The molecular weight excluding hydrogens is 224 g/mol. The first-order chi connectivity index (χ1) is 7.69. The highest BCUT2D eigenvalue weighted by Gasteiger charge is 2.16. The van der Waals surface area contributed by atoms with Crippen molar-refractivity contribution >= 4 is 17.7 Å². The van der Waals surface area contributed by atoms with Crippen molar-refractivity contribution < 1.29 is 4.79 Å². The molecule has 6 heteroatoms. The molecule has 0 saturated carbocycles. The number of aryl methyl sites for hydroxylation is 1. The molecule has 5 nitrogen and oxygen atoms in total. The Morgan fingerprint density at radius 2 is 2.44 bits per heavy atom. The van der Waals surface area contributed by atoms with E-state index in [2.05, 4.69) is 15.4 Å². The van der Waals surface area contributed by atoms with Crippen molar-refractivity contribution in [3.63, 3.8) is 0 Å². The third-order valence-corrected chi connectivity index (χ3v) is 2.95. The van der Waals surface area contributed by atoms with E-state index in [9.17, 15) is 4.79 Å². The summed E-state index contributed by atoms with van der Waals surface area (Å²) in [5, 5.41) is 6.97. The van der Waals surface area contributed by atoms with Gasteiger partial charge in [0.1, 0.15) is 12.2 Å². The summed E-state index contributed by atoms with van der Waals surface area (Å²) in [5.74, 6) is 1.73. The second-order valence-corrected chi connectivity index (χ2v) is 4.50. The van der Waals surface area contributed by atoms with Crippen LogP contribution in [0, 0.1) is 0 Å². The average molecular weight is 242 g/mol. The van der Waals surface area contributed by atoms with Crippen LogP contribution in [0.1, 0.15) is 31.6 Å². The molecule has 1 unspecified atom stereocenters. The van der Waals surface area contributed by atoms with Crippen LogP contribution >= 0.6 is 11.8 Å². The maximum atomic E-state index is 11.6. The molecule has 1 rings (SSSR count).